The Morgan fingerprint density at radius 1 is 0.769 bits per heavy atom. The van der Waals surface area contributed by atoms with Gasteiger partial charge in [0.05, 0.1) is 6.04 Å². The number of carboxylic acid groups (broad SMARTS) is 1. The van der Waals surface area contributed by atoms with Gasteiger partial charge in [-0.2, -0.15) is 11.8 Å². The van der Waals surface area contributed by atoms with Crippen molar-refractivity contribution in [2.75, 3.05) is 25.1 Å². The number of hydrogen-bond acceptors (Lipinski definition) is 8. The molecule has 39 heavy (non-hydrogen) atoms. The van der Waals surface area contributed by atoms with E-state index in [1.54, 1.807) is 0 Å². The maximum atomic E-state index is 13.2. The molecule has 4 unspecified atom stereocenters. The van der Waals surface area contributed by atoms with Gasteiger partial charge in [0, 0.05) is 13.1 Å². The number of nitrogens with zero attached hydrogens (tertiary/aromatic N) is 2. The van der Waals surface area contributed by atoms with Crippen LogP contribution in [-0.2, 0) is 19.2 Å². The number of nitrogens with one attached hydrogen (secondary N) is 3. The van der Waals surface area contributed by atoms with Gasteiger partial charge in [0.1, 0.15) is 18.1 Å². The molecule has 0 aliphatic carbocycles. The van der Waals surface area contributed by atoms with Crippen LogP contribution in [0.15, 0.2) is 9.98 Å². The fourth-order valence-electron chi connectivity index (χ4n) is 3.44. The highest BCUT2D eigenvalue weighted by molar-refractivity contribution is 7.98. The Bertz CT molecular complexity index is 847. The zero-order valence-electron chi connectivity index (χ0n) is 23.0. The van der Waals surface area contributed by atoms with Gasteiger partial charge in [0.2, 0.25) is 17.7 Å². The highest BCUT2D eigenvalue weighted by Crippen LogP contribution is 2.08. The average Bonchev–Trinajstić information content (AvgIpc) is 2.84. The molecule has 0 aromatic rings. The molecule has 0 saturated heterocycles. The first-order valence-corrected chi connectivity index (χ1v) is 14.2. The monoisotopic (exact) mass is 574 g/mol. The topological polar surface area (TPSA) is 279 Å². The average molecular weight is 575 g/mol. The van der Waals surface area contributed by atoms with Crippen LogP contribution in [0.5, 0.6) is 0 Å². The summed E-state index contributed by atoms with van der Waals surface area (Å²) in [6, 6.07) is -4.07. The Morgan fingerprint density at radius 2 is 1.23 bits per heavy atom. The predicted molar refractivity (Wildman–Crippen MR) is 154 cm³/mol. The summed E-state index contributed by atoms with van der Waals surface area (Å²) in [5, 5.41) is 17.3. The van der Waals surface area contributed by atoms with Crippen molar-refractivity contribution in [3.63, 3.8) is 0 Å². The molecular formula is C23H46N10O5S. The zero-order chi connectivity index (χ0) is 30.0. The fourth-order valence-corrected chi connectivity index (χ4v) is 3.92. The highest BCUT2D eigenvalue weighted by Gasteiger charge is 2.30. The normalized spacial score (nSPS) is 13.9. The van der Waals surface area contributed by atoms with Crippen molar-refractivity contribution in [2.45, 2.75) is 76.5 Å². The predicted octanol–water partition coefficient (Wildman–Crippen LogP) is -2.24. The van der Waals surface area contributed by atoms with E-state index in [0.29, 0.717) is 31.6 Å². The molecule has 14 N–H and O–H groups in total. The van der Waals surface area contributed by atoms with Crippen LogP contribution in [0.2, 0.25) is 0 Å². The SMILES string of the molecule is CSCCC(NC(=O)C(N)CCCN=C(N)N)C(=O)NC(CCCN=C(N)N)C(=O)NC(CC(C)C)C(=O)O. The Morgan fingerprint density at radius 3 is 1.69 bits per heavy atom. The Hall–Kier alpha value is -3.27. The van der Waals surface area contributed by atoms with Gasteiger partial charge in [-0.15, -0.1) is 0 Å². The van der Waals surface area contributed by atoms with Gasteiger partial charge in [-0.3, -0.25) is 24.4 Å². The van der Waals surface area contributed by atoms with Crippen molar-refractivity contribution < 1.29 is 24.3 Å². The van der Waals surface area contributed by atoms with Crippen LogP contribution in [0.25, 0.3) is 0 Å². The molecule has 0 aromatic heterocycles. The summed E-state index contributed by atoms with van der Waals surface area (Å²) in [4.78, 5) is 58.3. The number of guanidine groups is 2. The van der Waals surface area contributed by atoms with Crippen LogP contribution in [0.4, 0.5) is 0 Å². The van der Waals surface area contributed by atoms with E-state index >= 15 is 0 Å². The summed E-state index contributed by atoms with van der Waals surface area (Å²) in [5.74, 6) is -2.57. The van der Waals surface area contributed by atoms with Gasteiger partial charge < -0.3 is 49.7 Å². The first-order valence-electron chi connectivity index (χ1n) is 12.8. The molecular weight excluding hydrogens is 528 g/mol. The molecule has 0 heterocycles. The molecule has 0 spiro atoms. The summed E-state index contributed by atoms with van der Waals surface area (Å²) in [6.07, 6.45) is 3.58. The number of hydrogen-bond donors (Lipinski definition) is 9. The van der Waals surface area contributed by atoms with E-state index in [4.69, 9.17) is 28.7 Å². The molecule has 224 valence electrons. The Labute approximate surface area is 233 Å². The molecule has 0 fully saturated rings. The number of carbonyl (C=O) groups is 4. The van der Waals surface area contributed by atoms with Crippen LogP contribution in [0, 0.1) is 5.92 Å². The first-order chi connectivity index (χ1) is 18.3. The van der Waals surface area contributed by atoms with Crippen LogP contribution < -0.4 is 44.6 Å². The highest BCUT2D eigenvalue weighted by atomic mass is 32.2. The number of amides is 3. The summed E-state index contributed by atoms with van der Waals surface area (Å²) in [6.45, 7) is 4.19. The lowest BCUT2D eigenvalue weighted by molar-refractivity contribution is -0.142. The summed E-state index contributed by atoms with van der Waals surface area (Å²) in [5.41, 5.74) is 27.2. The third kappa shape index (κ3) is 17.0. The molecule has 0 aliphatic rings. The van der Waals surface area contributed by atoms with Crippen molar-refractivity contribution in [1.82, 2.24) is 16.0 Å². The lowest BCUT2D eigenvalue weighted by atomic mass is 10.0. The molecule has 4 atom stereocenters. The van der Waals surface area contributed by atoms with Crippen molar-refractivity contribution in [2.24, 2.45) is 44.6 Å². The third-order valence-electron chi connectivity index (χ3n) is 5.45. The maximum Gasteiger partial charge on any atom is 0.326 e. The largest absolute Gasteiger partial charge is 0.480 e. The van der Waals surface area contributed by atoms with Gasteiger partial charge in [0.25, 0.3) is 0 Å². The van der Waals surface area contributed by atoms with Crippen molar-refractivity contribution >= 4 is 47.4 Å². The van der Waals surface area contributed by atoms with Gasteiger partial charge in [0.15, 0.2) is 11.9 Å². The second-order valence-corrected chi connectivity index (χ2v) is 10.4. The van der Waals surface area contributed by atoms with Crippen molar-refractivity contribution in [1.29, 1.82) is 0 Å². The number of rotatable bonds is 20. The number of aliphatic imine (C=N–C) groups is 2. The number of aliphatic carboxylic acids is 1. The van der Waals surface area contributed by atoms with Crippen LogP contribution >= 0.6 is 11.8 Å². The molecule has 0 radical (unpaired) electrons. The van der Waals surface area contributed by atoms with Crippen LogP contribution in [0.3, 0.4) is 0 Å². The van der Waals surface area contributed by atoms with Gasteiger partial charge in [-0.1, -0.05) is 13.8 Å². The van der Waals surface area contributed by atoms with E-state index in [1.165, 1.54) is 11.8 Å². The molecule has 0 aliphatic heterocycles. The van der Waals surface area contributed by atoms with Crippen LogP contribution in [-0.4, -0.2) is 90.0 Å². The van der Waals surface area contributed by atoms with Gasteiger partial charge in [-0.25, -0.2) is 4.79 Å². The number of thioether (sulfide) groups is 1. The molecule has 0 aromatic carbocycles. The maximum absolute atomic E-state index is 13.2. The third-order valence-corrected chi connectivity index (χ3v) is 6.09. The summed E-state index contributed by atoms with van der Waals surface area (Å²) < 4.78 is 0. The number of nitrogens with two attached hydrogens (primary N) is 5. The second kappa shape index (κ2) is 19.7. The molecule has 3 amide bonds. The molecule has 0 bridgehead atoms. The molecule has 0 saturated carbocycles. The van der Waals surface area contributed by atoms with Gasteiger partial charge >= 0.3 is 5.97 Å². The van der Waals surface area contributed by atoms with Crippen molar-refractivity contribution in [3.05, 3.63) is 0 Å². The van der Waals surface area contributed by atoms with Crippen molar-refractivity contribution in [3.8, 4) is 0 Å². The van der Waals surface area contributed by atoms with Crippen LogP contribution in [0.1, 0.15) is 52.4 Å². The van der Waals surface area contributed by atoms with E-state index in [2.05, 4.69) is 25.9 Å². The minimum absolute atomic E-state index is 0.0103. The lowest BCUT2D eigenvalue weighted by Crippen LogP contribution is -2.57. The van der Waals surface area contributed by atoms with E-state index in [-0.39, 0.29) is 43.6 Å². The second-order valence-electron chi connectivity index (χ2n) is 9.44. The Kier molecular flexibility index (Phi) is 18.1. The molecule has 15 nitrogen and oxygen atoms in total. The molecule has 16 heteroatoms. The zero-order valence-corrected chi connectivity index (χ0v) is 23.8. The Balaban J connectivity index is 5.53. The minimum Gasteiger partial charge on any atom is -0.480 e. The summed E-state index contributed by atoms with van der Waals surface area (Å²) >= 11 is 1.48. The quantitative estimate of drug-likeness (QED) is 0.0425. The lowest BCUT2D eigenvalue weighted by Gasteiger charge is -2.25. The number of carboxylic acids is 1. The standard InChI is InChI=1S/C23H46N10O5S/c1-13(2)12-17(21(37)38)33-19(35)15(7-5-10-30-23(27)28)32-20(36)16(8-11-39-3)31-18(34)14(24)6-4-9-29-22(25)26/h13-17H,4-12,24H2,1-3H3,(H,31,34)(H,32,36)(H,33,35)(H,37,38)(H4,25,26,29)(H4,27,28,30). The van der Waals surface area contributed by atoms with E-state index in [9.17, 15) is 24.3 Å². The fraction of sp³-hybridized carbons (Fsp3) is 0.739. The number of carbonyl (C=O) groups excluding carboxylic acids is 3. The van der Waals surface area contributed by atoms with E-state index in [1.807, 2.05) is 20.1 Å². The first kappa shape index (κ1) is 35.7. The minimum atomic E-state index is -1.18. The smallest absolute Gasteiger partial charge is 0.326 e. The van der Waals surface area contributed by atoms with E-state index < -0.39 is 47.9 Å². The summed E-state index contributed by atoms with van der Waals surface area (Å²) in [7, 11) is 0. The van der Waals surface area contributed by atoms with E-state index in [0.717, 1.165) is 0 Å². The van der Waals surface area contributed by atoms with Gasteiger partial charge in [-0.05, 0) is 56.5 Å². The molecule has 0 rings (SSSR count).